The molecule has 10 N–H and O–H groups in total. The van der Waals surface area contributed by atoms with Crippen LogP contribution < -0.4 is 22.6 Å². The smallest absolute Gasteiger partial charge is 0.280 e. The summed E-state index contributed by atoms with van der Waals surface area (Å²) in [6.45, 7) is 0. The van der Waals surface area contributed by atoms with Crippen molar-refractivity contribution in [2.75, 3.05) is 11.5 Å². The van der Waals surface area contributed by atoms with Crippen LogP contribution >= 0.6 is 0 Å². The number of aromatic nitrogens is 8. The Hall–Kier alpha value is -3.94. The van der Waals surface area contributed by atoms with Crippen molar-refractivity contribution in [2.24, 2.45) is 0 Å². The number of nitrogen functional groups attached to an aromatic ring is 2. The third kappa shape index (κ3) is 3.73. The van der Waals surface area contributed by atoms with E-state index in [9.17, 15) is 30.0 Å². The fourth-order valence-corrected chi connectivity index (χ4v) is 4.79. The van der Waals surface area contributed by atoms with Gasteiger partial charge in [0.25, 0.3) is 11.1 Å². The van der Waals surface area contributed by atoms with Crippen molar-refractivity contribution in [1.82, 2.24) is 39.0 Å². The number of rotatable bonds is 5. The highest BCUT2D eigenvalue weighted by Crippen LogP contribution is 2.36. The van der Waals surface area contributed by atoms with Gasteiger partial charge in [0.1, 0.15) is 24.4 Å². The molecule has 4 aromatic heterocycles. The molecule has 0 bridgehead atoms. The van der Waals surface area contributed by atoms with Crippen LogP contribution in [0.3, 0.4) is 0 Å². The molecule has 4 aromatic rings. The molecule has 18 nitrogen and oxygen atoms in total. The number of aliphatic hydroxyl groups is 4. The number of aromatic amines is 2. The molecular weight excluding hydrogens is 508 g/mol. The Labute approximate surface area is 210 Å². The summed E-state index contributed by atoms with van der Waals surface area (Å²) in [5.41, 5.74) is 10.2. The lowest BCUT2D eigenvalue weighted by Gasteiger charge is -2.19. The zero-order chi connectivity index (χ0) is 26.9. The van der Waals surface area contributed by atoms with Crippen molar-refractivity contribution in [3.63, 3.8) is 0 Å². The number of fused-ring (bicyclic) bond motifs is 2. The van der Waals surface area contributed by atoms with Gasteiger partial charge in [-0.3, -0.25) is 28.7 Å². The van der Waals surface area contributed by atoms with Crippen LogP contribution in [-0.2, 0) is 9.47 Å². The monoisotopic (exact) mass is 531 g/mol. The highest BCUT2D eigenvalue weighted by Gasteiger charge is 2.47. The van der Waals surface area contributed by atoms with E-state index in [2.05, 4.69) is 29.9 Å². The molecule has 6 heterocycles. The maximum atomic E-state index is 12.1. The average molecular weight is 531 g/mol. The van der Waals surface area contributed by atoms with E-state index in [1.165, 1.54) is 28.2 Å². The third-order valence-electron chi connectivity index (χ3n) is 6.66. The van der Waals surface area contributed by atoms with E-state index in [1.54, 1.807) is 0 Å². The molecule has 2 fully saturated rings. The molecule has 0 saturated carbocycles. The number of nitrogens with zero attached hydrogens (tertiary/aromatic N) is 6. The van der Waals surface area contributed by atoms with E-state index in [1.807, 2.05) is 0 Å². The van der Waals surface area contributed by atoms with Crippen molar-refractivity contribution in [1.29, 1.82) is 0 Å². The van der Waals surface area contributed by atoms with Crippen LogP contribution in [-0.4, -0.2) is 96.1 Å². The van der Waals surface area contributed by atoms with Gasteiger partial charge in [-0.15, -0.1) is 0 Å². The lowest BCUT2D eigenvalue weighted by Crippen LogP contribution is -2.34. The normalized spacial score (nSPS) is 31.6. The van der Waals surface area contributed by atoms with E-state index in [0.717, 1.165) is 0 Å². The van der Waals surface area contributed by atoms with E-state index in [4.69, 9.17) is 20.9 Å². The van der Waals surface area contributed by atoms with Crippen LogP contribution in [0, 0.1) is 6.42 Å². The Balaban J connectivity index is 1.18. The summed E-state index contributed by atoms with van der Waals surface area (Å²) >= 11 is 0. The maximum absolute atomic E-state index is 12.1. The highest BCUT2D eigenvalue weighted by atomic mass is 16.6. The highest BCUT2D eigenvalue weighted by molar-refractivity contribution is 5.71. The summed E-state index contributed by atoms with van der Waals surface area (Å²) in [6.07, 6.45) is -5.87. The third-order valence-corrected chi connectivity index (χ3v) is 6.66. The second kappa shape index (κ2) is 8.82. The van der Waals surface area contributed by atoms with Gasteiger partial charge in [-0.25, -0.2) is 9.97 Å². The lowest BCUT2D eigenvalue weighted by molar-refractivity contribution is -0.0432. The fraction of sp³-hybridized carbons (Fsp3) is 0.450. The molecule has 6 rings (SSSR count). The Morgan fingerprint density at radius 1 is 0.816 bits per heavy atom. The van der Waals surface area contributed by atoms with Gasteiger partial charge in [-0.2, -0.15) is 9.97 Å². The first kappa shape index (κ1) is 24.4. The van der Waals surface area contributed by atoms with Crippen molar-refractivity contribution in [2.45, 2.75) is 55.5 Å². The summed E-state index contributed by atoms with van der Waals surface area (Å²) in [7, 11) is 0. The molecule has 8 atom stereocenters. The second-order valence-electron chi connectivity index (χ2n) is 9.04. The Bertz CT molecular complexity index is 1510. The number of aliphatic hydroxyl groups excluding tert-OH is 4. The first-order chi connectivity index (χ1) is 18.1. The van der Waals surface area contributed by atoms with Gasteiger partial charge in [-0.05, 0) is 12.8 Å². The van der Waals surface area contributed by atoms with Crippen LogP contribution in [0.15, 0.2) is 22.2 Å². The molecule has 0 unspecified atom stereocenters. The minimum atomic E-state index is -1.42. The van der Waals surface area contributed by atoms with Gasteiger partial charge in [-0.1, -0.05) is 0 Å². The number of hydrogen-bond acceptors (Lipinski definition) is 14. The molecule has 0 aliphatic carbocycles. The molecule has 18 heteroatoms. The van der Waals surface area contributed by atoms with E-state index in [0.29, 0.717) is 0 Å². The molecule has 1 radical (unpaired) electrons. The van der Waals surface area contributed by atoms with Crippen molar-refractivity contribution in [3.05, 3.63) is 39.8 Å². The zero-order valence-corrected chi connectivity index (χ0v) is 19.3. The van der Waals surface area contributed by atoms with Crippen LogP contribution in [0.1, 0.15) is 18.9 Å². The van der Waals surface area contributed by atoms with Crippen LogP contribution in [0.25, 0.3) is 22.3 Å². The standard InChI is InChI=1S/C20H23N10O8/c21-19-25-13-7(15(35)27-19)23-3-29(13)17-11(33)9(31)5(37-17)1-2-6-10(32)12(34)18(38-6)30-4-24-8-14(30)26-20(22)28-16(8)36/h1,3-6,9-12,17-18,31-34H,2H2,(H3,21,25,27,35)(H3,22,26,28,36)/t5-,6-,9-,10-,11-,12-,17-,18-/m1/s1. The molecule has 2 saturated heterocycles. The van der Waals surface area contributed by atoms with Gasteiger partial charge in [0, 0.05) is 0 Å². The number of nitrogens with one attached hydrogen (secondary N) is 2. The predicted molar refractivity (Wildman–Crippen MR) is 126 cm³/mol. The summed E-state index contributed by atoms with van der Waals surface area (Å²) in [5, 5.41) is 42.5. The molecular formula is C20H23N10O8. The molecule has 2 aliphatic heterocycles. The first-order valence-electron chi connectivity index (χ1n) is 11.4. The summed E-state index contributed by atoms with van der Waals surface area (Å²) < 4.78 is 14.2. The summed E-state index contributed by atoms with van der Waals surface area (Å²) in [4.78, 5) is 44.8. The van der Waals surface area contributed by atoms with Crippen molar-refractivity contribution >= 4 is 34.2 Å². The number of anilines is 2. The van der Waals surface area contributed by atoms with E-state index in [-0.39, 0.29) is 40.6 Å². The van der Waals surface area contributed by atoms with Gasteiger partial charge in [0.15, 0.2) is 34.8 Å². The number of ether oxygens (including phenoxy) is 2. The van der Waals surface area contributed by atoms with Crippen molar-refractivity contribution < 1.29 is 29.9 Å². The van der Waals surface area contributed by atoms with E-state index < -0.39 is 60.2 Å². The Morgan fingerprint density at radius 2 is 1.32 bits per heavy atom. The first-order valence-corrected chi connectivity index (χ1v) is 11.4. The number of nitrogens with two attached hydrogens (primary N) is 2. The molecule has 201 valence electrons. The largest absolute Gasteiger partial charge is 0.388 e. The molecule has 2 aliphatic rings. The molecule has 38 heavy (non-hydrogen) atoms. The number of H-pyrrole nitrogens is 2. The van der Waals surface area contributed by atoms with Crippen LogP contribution in [0.2, 0.25) is 0 Å². The number of imidazole rings is 2. The average Bonchev–Trinajstić information content (AvgIpc) is 3.60. The minimum Gasteiger partial charge on any atom is -0.388 e. The quantitative estimate of drug-likeness (QED) is 0.123. The van der Waals surface area contributed by atoms with Crippen molar-refractivity contribution in [3.8, 4) is 0 Å². The fourth-order valence-electron chi connectivity index (χ4n) is 4.79. The van der Waals surface area contributed by atoms with Gasteiger partial charge in [0.05, 0.1) is 24.9 Å². The minimum absolute atomic E-state index is 0.00574. The van der Waals surface area contributed by atoms with Gasteiger partial charge < -0.3 is 41.4 Å². The second-order valence-corrected chi connectivity index (χ2v) is 9.04. The Morgan fingerprint density at radius 3 is 1.87 bits per heavy atom. The number of hydrogen-bond donors (Lipinski definition) is 8. The van der Waals surface area contributed by atoms with Crippen LogP contribution in [0.4, 0.5) is 11.9 Å². The van der Waals surface area contributed by atoms with Gasteiger partial charge in [0.2, 0.25) is 11.9 Å². The Kier molecular flexibility index (Phi) is 5.67. The predicted octanol–water partition coefficient (Wildman–Crippen LogP) is -3.75. The molecule has 0 amide bonds. The topological polar surface area (TPSA) is 279 Å². The van der Waals surface area contributed by atoms with E-state index >= 15 is 0 Å². The van der Waals surface area contributed by atoms with Gasteiger partial charge >= 0.3 is 0 Å². The SMILES string of the molecule is Nc1nc2c(ncn2[C@@H]2O[C@H]([CH]C[C@H]3O[C@@H](n4cnc5c(=O)[nH]c(N)nc54)[C@H](O)[C@@H]3O)[C@@H](O)[C@H]2O)c(=O)[nH]1. The summed E-state index contributed by atoms with van der Waals surface area (Å²) in [5.74, 6) is -0.315. The maximum Gasteiger partial charge on any atom is 0.280 e. The molecule has 0 aromatic carbocycles. The molecule has 0 spiro atoms. The lowest BCUT2D eigenvalue weighted by atomic mass is 10.0. The van der Waals surface area contributed by atoms with Crippen LogP contribution in [0.5, 0.6) is 0 Å². The zero-order valence-electron chi connectivity index (χ0n) is 19.3. The summed E-state index contributed by atoms with van der Waals surface area (Å²) in [6, 6.07) is 0.